The fourth-order valence-corrected chi connectivity index (χ4v) is 4.99. The number of rotatable bonds is 1. The van der Waals surface area contributed by atoms with Crippen molar-refractivity contribution in [3.63, 3.8) is 0 Å². The standard InChI is InChI=1S/C15H22O/c1-10-13-5-4-12(9-16)15(13)7-6-11(8-15)14(10,2)3/h9,11-13H,1,4-8H2,2-3H3/t11-,12-,13?,15+/m1/s1. The summed E-state index contributed by atoms with van der Waals surface area (Å²) in [5.74, 6) is 1.74. The minimum atomic E-state index is 0.308. The molecule has 3 aliphatic carbocycles. The summed E-state index contributed by atoms with van der Waals surface area (Å²) in [5, 5.41) is 0. The number of carbonyl (C=O) groups is 1. The SMILES string of the molecule is C=C1C2CC[C@H](C=O)[C@@]23CC[C@H](C3)C1(C)C. The molecule has 16 heavy (non-hydrogen) atoms. The van der Waals surface area contributed by atoms with Gasteiger partial charge in [0.15, 0.2) is 0 Å². The largest absolute Gasteiger partial charge is 0.303 e. The minimum absolute atomic E-state index is 0.308. The summed E-state index contributed by atoms with van der Waals surface area (Å²) in [4.78, 5) is 11.3. The summed E-state index contributed by atoms with van der Waals surface area (Å²) >= 11 is 0. The van der Waals surface area contributed by atoms with E-state index in [0.717, 1.165) is 12.3 Å². The molecule has 2 bridgehead atoms. The Kier molecular flexibility index (Phi) is 1.98. The fourth-order valence-electron chi connectivity index (χ4n) is 4.99. The number of hydrogen-bond acceptors (Lipinski definition) is 1. The molecule has 0 radical (unpaired) electrons. The van der Waals surface area contributed by atoms with Crippen LogP contribution in [0.4, 0.5) is 0 Å². The molecule has 3 rings (SSSR count). The van der Waals surface area contributed by atoms with Gasteiger partial charge in [0.1, 0.15) is 6.29 Å². The summed E-state index contributed by atoms with van der Waals surface area (Å²) in [6.07, 6.45) is 7.43. The summed E-state index contributed by atoms with van der Waals surface area (Å²) in [7, 11) is 0. The summed E-state index contributed by atoms with van der Waals surface area (Å²) in [5.41, 5.74) is 2.09. The molecule has 1 nitrogen and oxygen atoms in total. The van der Waals surface area contributed by atoms with Gasteiger partial charge in [-0.1, -0.05) is 26.0 Å². The Morgan fingerprint density at radius 3 is 2.75 bits per heavy atom. The van der Waals surface area contributed by atoms with Crippen LogP contribution in [-0.4, -0.2) is 6.29 Å². The number of carbonyl (C=O) groups excluding carboxylic acids is 1. The minimum Gasteiger partial charge on any atom is -0.303 e. The Hall–Kier alpha value is -0.590. The van der Waals surface area contributed by atoms with E-state index in [-0.39, 0.29) is 0 Å². The van der Waals surface area contributed by atoms with Crippen molar-refractivity contribution in [3.8, 4) is 0 Å². The van der Waals surface area contributed by atoms with Crippen LogP contribution in [0.3, 0.4) is 0 Å². The van der Waals surface area contributed by atoms with Gasteiger partial charge in [-0.2, -0.15) is 0 Å². The highest BCUT2D eigenvalue weighted by molar-refractivity contribution is 5.57. The average Bonchev–Trinajstić information content (AvgIpc) is 2.81. The molecule has 0 N–H and O–H groups in total. The summed E-state index contributed by atoms with van der Waals surface area (Å²) in [6.45, 7) is 9.13. The van der Waals surface area contributed by atoms with Crippen LogP contribution in [-0.2, 0) is 4.79 Å². The first-order chi connectivity index (χ1) is 7.52. The van der Waals surface area contributed by atoms with E-state index in [1.54, 1.807) is 0 Å². The molecular weight excluding hydrogens is 196 g/mol. The topological polar surface area (TPSA) is 17.1 Å². The number of aldehydes is 1. The lowest BCUT2D eigenvalue weighted by molar-refractivity contribution is -0.114. The zero-order valence-electron chi connectivity index (χ0n) is 10.5. The third-order valence-electron chi connectivity index (χ3n) is 6.22. The van der Waals surface area contributed by atoms with E-state index in [1.807, 2.05) is 0 Å². The lowest BCUT2D eigenvalue weighted by atomic mass is 9.56. The van der Waals surface area contributed by atoms with Crippen LogP contribution in [0, 0.1) is 28.6 Å². The lowest BCUT2D eigenvalue weighted by Gasteiger charge is -2.48. The second-order valence-corrected chi connectivity index (χ2v) is 6.79. The molecule has 0 saturated heterocycles. The molecule has 0 aromatic heterocycles. The third-order valence-corrected chi connectivity index (χ3v) is 6.22. The molecule has 1 heteroatoms. The van der Waals surface area contributed by atoms with Crippen LogP contribution in [0.5, 0.6) is 0 Å². The second-order valence-electron chi connectivity index (χ2n) is 6.79. The quantitative estimate of drug-likeness (QED) is 0.485. The Morgan fingerprint density at radius 2 is 2.06 bits per heavy atom. The normalized spacial score (nSPS) is 49.1. The van der Waals surface area contributed by atoms with Gasteiger partial charge in [0.25, 0.3) is 0 Å². The maximum Gasteiger partial charge on any atom is 0.123 e. The Bertz CT molecular complexity index is 354. The summed E-state index contributed by atoms with van der Waals surface area (Å²) in [6, 6.07) is 0. The highest BCUT2D eigenvalue weighted by atomic mass is 16.1. The first-order valence-electron chi connectivity index (χ1n) is 6.67. The molecular formula is C15H22O. The van der Waals surface area contributed by atoms with Crippen molar-refractivity contribution in [3.05, 3.63) is 12.2 Å². The van der Waals surface area contributed by atoms with Crippen molar-refractivity contribution in [2.24, 2.45) is 28.6 Å². The van der Waals surface area contributed by atoms with Gasteiger partial charge in [-0.05, 0) is 54.8 Å². The van der Waals surface area contributed by atoms with Crippen LogP contribution in [0.15, 0.2) is 12.2 Å². The highest BCUT2D eigenvalue weighted by Crippen LogP contribution is 2.69. The van der Waals surface area contributed by atoms with Gasteiger partial charge in [-0.3, -0.25) is 0 Å². The maximum atomic E-state index is 11.3. The van der Waals surface area contributed by atoms with Gasteiger partial charge in [-0.15, -0.1) is 0 Å². The number of allylic oxidation sites excluding steroid dienone is 1. The molecule has 0 heterocycles. The Balaban J connectivity index is 2.06. The van der Waals surface area contributed by atoms with Crippen molar-refractivity contribution in [1.82, 2.24) is 0 Å². The van der Waals surface area contributed by atoms with Crippen LogP contribution in [0.1, 0.15) is 46.0 Å². The van der Waals surface area contributed by atoms with Gasteiger partial charge in [0.05, 0.1) is 0 Å². The molecule has 0 aromatic rings. The predicted molar refractivity (Wildman–Crippen MR) is 65.0 cm³/mol. The lowest BCUT2D eigenvalue weighted by Crippen LogP contribution is -2.41. The zero-order chi connectivity index (χ0) is 11.6. The molecule has 0 amide bonds. The molecule has 88 valence electrons. The molecule has 0 aromatic carbocycles. The summed E-state index contributed by atoms with van der Waals surface area (Å²) < 4.78 is 0. The van der Waals surface area contributed by atoms with E-state index in [1.165, 1.54) is 37.5 Å². The van der Waals surface area contributed by atoms with E-state index in [9.17, 15) is 4.79 Å². The molecule has 1 spiro atoms. The smallest absolute Gasteiger partial charge is 0.123 e. The monoisotopic (exact) mass is 218 g/mol. The molecule has 1 unspecified atom stereocenters. The molecule has 0 aliphatic heterocycles. The van der Waals surface area contributed by atoms with Crippen LogP contribution < -0.4 is 0 Å². The van der Waals surface area contributed by atoms with Crippen molar-refractivity contribution in [2.45, 2.75) is 46.0 Å². The zero-order valence-corrected chi connectivity index (χ0v) is 10.5. The van der Waals surface area contributed by atoms with Crippen molar-refractivity contribution >= 4 is 6.29 Å². The Morgan fingerprint density at radius 1 is 1.31 bits per heavy atom. The predicted octanol–water partition coefficient (Wildman–Crippen LogP) is 3.59. The first-order valence-corrected chi connectivity index (χ1v) is 6.67. The molecule has 3 aliphatic rings. The van der Waals surface area contributed by atoms with Crippen LogP contribution in [0.2, 0.25) is 0 Å². The second kappa shape index (κ2) is 3.00. The third kappa shape index (κ3) is 1.00. The van der Waals surface area contributed by atoms with Gasteiger partial charge in [0.2, 0.25) is 0 Å². The van der Waals surface area contributed by atoms with E-state index in [4.69, 9.17) is 0 Å². The highest BCUT2D eigenvalue weighted by Gasteiger charge is 2.61. The number of fused-ring (bicyclic) bond motifs is 1. The first kappa shape index (κ1) is 10.6. The van der Waals surface area contributed by atoms with Crippen molar-refractivity contribution < 1.29 is 4.79 Å². The van der Waals surface area contributed by atoms with Crippen molar-refractivity contribution in [2.75, 3.05) is 0 Å². The van der Waals surface area contributed by atoms with Gasteiger partial charge in [0, 0.05) is 5.92 Å². The van der Waals surface area contributed by atoms with E-state index >= 15 is 0 Å². The molecule has 3 fully saturated rings. The van der Waals surface area contributed by atoms with Gasteiger partial charge >= 0.3 is 0 Å². The van der Waals surface area contributed by atoms with Crippen LogP contribution in [0.25, 0.3) is 0 Å². The molecule has 4 atom stereocenters. The maximum absolute atomic E-state index is 11.3. The van der Waals surface area contributed by atoms with E-state index in [2.05, 4.69) is 20.4 Å². The fraction of sp³-hybridized carbons (Fsp3) is 0.800. The van der Waals surface area contributed by atoms with Crippen LogP contribution >= 0.6 is 0 Å². The van der Waals surface area contributed by atoms with E-state index in [0.29, 0.717) is 22.7 Å². The average molecular weight is 218 g/mol. The molecule has 3 saturated carbocycles. The van der Waals surface area contributed by atoms with Gasteiger partial charge in [-0.25, -0.2) is 0 Å². The van der Waals surface area contributed by atoms with Crippen molar-refractivity contribution in [1.29, 1.82) is 0 Å². The van der Waals surface area contributed by atoms with Gasteiger partial charge < -0.3 is 4.79 Å². The Labute approximate surface area is 98.3 Å². The number of hydrogen-bond donors (Lipinski definition) is 0. The van der Waals surface area contributed by atoms with E-state index < -0.39 is 0 Å².